The molecule has 0 aromatic heterocycles. The molecule has 1 aliphatic rings. The molecular formula is C9H18N2O4S. The summed E-state index contributed by atoms with van der Waals surface area (Å²) in [6, 6.07) is -0.0489. The Morgan fingerprint density at radius 1 is 1.56 bits per heavy atom. The quantitative estimate of drug-likeness (QED) is 0.604. The lowest BCUT2D eigenvalue weighted by atomic mass is 10.3. The number of sulfonamides is 1. The van der Waals surface area contributed by atoms with E-state index in [0.717, 1.165) is 13.0 Å². The highest BCUT2D eigenvalue weighted by Crippen LogP contribution is 2.01. The first kappa shape index (κ1) is 13.4. The van der Waals surface area contributed by atoms with Gasteiger partial charge < -0.3 is 10.1 Å². The molecule has 0 saturated carbocycles. The Kier molecular flexibility index (Phi) is 5.17. The summed E-state index contributed by atoms with van der Waals surface area (Å²) in [6.07, 6.45) is 0.696. The van der Waals surface area contributed by atoms with Crippen molar-refractivity contribution in [3.63, 3.8) is 0 Å². The minimum atomic E-state index is -3.37. The zero-order chi connectivity index (χ0) is 12.0. The van der Waals surface area contributed by atoms with Crippen molar-refractivity contribution < 1.29 is 17.9 Å². The van der Waals surface area contributed by atoms with Gasteiger partial charge in [0.15, 0.2) is 0 Å². The van der Waals surface area contributed by atoms with Crippen LogP contribution < -0.4 is 10.0 Å². The fourth-order valence-electron chi connectivity index (χ4n) is 1.52. The van der Waals surface area contributed by atoms with Crippen molar-refractivity contribution in [3.8, 4) is 0 Å². The van der Waals surface area contributed by atoms with Crippen LogP contribution in [0.3, 0.4) is 0 Å². The molecule has 0 bridgehead atoms. The zero-order valence-corrected chi connectivity index (χ0v) is 10.2. The van der Waals surface area contributed by atoms with Crippen molar-refractivity contribution in [1.82, 2.24) is 10.0 Å². The third-order valence-electron chi connectivity index (χ3n) is 2.29. The van der Waals surface area contributed by atoms with Crippen LogP contribution in [0.5, 0.6) is 0 Å². The van der Waals surface area contributed by atoms with Crippen molar-refractivity contribution in [2.45, 2.75) is 25.8 Å². The van der Waals surface area contributed by atoms with E-state index in [1.54, 1.807) is 6.92 Å². The molecule has 1 unspecified atom stereocenters. The summed E-state index contributed by atoms with van der Waals surface area (Å²) in [5, 5.41) is 3.06. The first-order valence-corrected chi connectivity index (χ1v) is 7.05. The third-order valence-corrected chi connectivity index (χ3v) is 3.72. The molecule has 1 rings (SSSR count). The van der Waals surface area contributed by atoms with Crippen LogP contribution in [0, 0.1) is 0 Å². The number of hydrogen-bond acceptors (Lipinski definition) is 5. The summed E-state index contributed by atoms with van der Waals surface area (Å²) in [7, 11) is -3.37. The van der Waals surface area contributed by atoms with Crippen molar-refractivity contribution in [2.24, 2.45) is 0 Å². The highest BCUT2D eigenvalue weighted by molar-refractivity contribution is 7.89. The van der Waals surface area contributed by atoms with E-state index in [-0.39, 0.29) is 24.8 Å². The van der Waals surface area contributed by atoms with E-state index < -0.39 is 16.0 Å². The molecule has 0 aromatic carbocycles. The second-order valence-corrected chi connectivity index (χ2v) is 5.55. The van der Waals surface area contributed by atoms with Crippen molar-refractivity contribution in [1.29, 1.82) is 0 Å². The minimum Gasteiger partial charge on any atom is -0.466 e. The number of carbonyl (C=O) groups is 1. The van der Waals surface area contributed by atoms with Gasteiger partial charge in [0.05, 0.1) is 18.8 Å². The number of hydrogen-bond donors (Lipinski definition) is 2. The number of esters is 1. The second kappa shape index (κ2) is 6.17. The van der Waals surface area contributed by atoms with E-state index >= 15 is 0 Å². The van der Waals surface area contributed by atoms with Crippen molar-refractivity contribution in [3.05, 3.63) is 0 Å². The Morgan fingerprint density at radius 2 is 2.31 bits per heavy atom. The minimum absolute atomic E-state index is 0.0489. The molecule has 1 saturated heterocycles. The summed E-state index contributed by atoms with van der Waals surface area (Å²) in [6.45, 7) is 3.44. The average molecular weight is 250 g/mol. The van der Waals surface area contributed by atoms with E-state index in [0.29, 0.717) is 6.54 Å². The number of ether oxygens (including phenoxy) is 1. The Balaban J connectivity index is 2.30. The number of nitrogens with one attached hydrogen (secondary N) is 2. The molecule has 0 amide bonds. The molecule has 7 heteroatoms. The summed E-state index contributed by atoms with van der Waals surface area (Å²) in [4.78, 5) is 11.0. The topological polar surface area (TPSA) is 84.5 Å². The Bertz CT molecular complexity index is 322. The Morgan fingerprint density at radius 3 is 2.88 bits per heavy atom. The molecular weight excluding hydrogens is 232 g/mol. The molecule has 2 N–H and O–H groups in total. The van der Waals surface area contributed by atoms with Crippen LogP contribution in [0.2, 0.25) is 0 Å². The van der Waals surface area contributed by atoms with Gasteiger partial charge in [-0.05, 0) is 19.9 Å². The number of rotatable bonds is 6. The first-order chi connectivity index (χ1) is 7.53. The van der Waals surface area contributed by atoms with Crippen LogP contribution in [0.25, 0.3) is 0 Å². The maximum Gasteiger partial charge on any atom is 0.306 e. The van der Waals surface area contributed by atoms with E-state index in [2.05, 4.69) is 14.8 Å². The van der Waals surface area contributed by atoms with E-state index in [1.165, 1.54) is 0 Å². The van der Waals surface area contributed by atoms with Crippen molar-refractivity contribution in [2.75, 3.05) is 25.4 Å². The highest BCUT2D eigenvalue weighted by Gasteiger charge is 2.21. The standard InChI is InChI=1S/C9H18N2O4S/c1-2-15-9(12)4-6-16(13,14)11-8-3-5-10-7-8/h8,10-11H,2-7H2,1H3. The van der Waals surface area contributed by atoms with E-state index in [9.17, 15) is 13.2 Å². The molecule has 1 fully saturated rings. The van der Waals surface area contributed by atoms with E-state index in [4.69, 9.17) is 0 Å². The van der Waals surface area contributed by atoms with Crippen LogP contribution in [0.15, 0.2) is 0 Å². The van der Waals surface area contributed by atoms with Crippen molar-refractivity contribution >= 4 is 16.0 Å². The summed E-state index contributed by atoms with van der Waals surface area (Å²) in [5.74, 6) is -0.681. The molecule has 0 spiro atoms. The first-order valence-electron chi connectivity index (χ1n) is 5.40. The van der Waals surface area contributed by atoms with Gasteiger partial charge in [0.25, 0.3) is 0 Å². The molecule has 1 aliphatic heterocycles. The molecule has 1 atom stereocenters. The molecule has 16 heavy (non-hydrogen) atoms. The zero-order valence-electron chi connectivity index (χ0n) is 9.36. The molecule has 0 radical (unpaired) electrons. The maximum atomic E-state index is 11.5. The average Bonchev–Trinajstić information content (AvgIpc) is 2.67. The smallest absolute Gasteiger partial charge is 0.306 e. The second-order valence-electron chi connectivity index (χ2n) is 3.68. The normalized spacial score (nSPS) is 20.9. The van der Waals surface area contributed by atoms with Gasteiger partial charge >= 0.3 is 5.97 Å². The summed E-state index contributed by atoms with van der Waals surface area (Å²) in [5.41, 5.74) is 0. The summed E-state index contributed by atoms with van der Waals surface area (Å²) >= 11 is 0. The predicted molar refractivity (Wildman–Crippen MR) is 59.4 cm³/mol. The molecule has 1 heterocycles. The van der Waals surface area contributed by atoms with Gasteiger partial charge in [0.2, 0.25) is 10.0 Å². The van der Waals surface area contributed by atoms with E-state index in [1.807, 2.05) is 0 Å². The van der Waals surface area contributed by atoms with Crippen LogP contribution >= 0.6 is 0 Å². The van der Waals surface area contributed by atoms with Gasteiger partial charge in [-0.2, -0.15) is 0 Å². The van der Waals surface area contributed by atoms with Gasteiger partial charge in [0, 0.05) is 12.6 Å². The van der Waals surface area contributed by atoms with Gasteiger partial charge in [-0.3, -0.25) is 4.79 Å². The van der Waals surface area contributed by atoms with Gasteiger partial charge in [-0.25, -0.2) is 13.1 Å². The molecule has 94 valence electrons. The molecule has 0 aromatic rings. The Labute approximate surface area is 95.8 Å². The lowest BCUT2D eigenvalue weighted by Crippen LogP contribution is -2.38. The van der Waals surface area contributed by atoms with Crippen LogP contribution in [-0.2, 0) is 19.6 Å². The van der Waals surface area contributed by atoms with Crippen LogP contribution in [-0.4, -0.2) is 45.9 Å². The monoisotopic (exact) mass is 250 g/mol. The van der Waals surface area contributed by atoms with Gasteiger partial charge in [-0.15, -0.1) is 0 Å². The largest absolute Gasteiger partial charge is 0.466 e. The molecule has 6 nitrogen and oxygen atoms in total. The highest BCUT2D eigenvalue weighted by atomic mass is 32.2. The lowest BCUT2D eigenvalue weighted by Gasteiger charge is -2.11. The number of carbonyl (C=O) groups excluding carboxylic acids is 1. The van der Waals surface area contributed by atoms with Gasteiger partial charge in [-0.1, -0.05) is 0 Å². The third kappa shape index (κ3) is 4.91. The SMILES string of the molecule is CCOC(=O)CCS(=O)(=O)NC1CCNC1. The Hall–Kier alpha value is -0.660. The van der Waals surface area contributed by atoms with Crippen LogP contribution in [0.1, 0.15) is 19.8 Å². The fraction of sp³-hybridized carbons (Fsp3) is 0.889. The fourth-order valence-corrected chi connectivity index (χ4v) is 2.78. The van der Waals surface area contributed by atoms with Gasteiger partial charge in [0.1, 0.15) is 0 Å². The summed E-state index contributed by atoms with van der Waals surface area (Å²) < 4.78 is 30.3. The maximum absolute atomic E-state index is 11.5. The molecule has 0 aliphatic carbocycles. The lowest BCUT2D eigenvalue weighted by molar-refractivity contribution is -0.142. The predicted octanol–water partition coefficient (Wildman–Crippen LogP) is -0.779. The van der Waals surface area contributed by atoms with Crippen LogP contribution in [0.4, 0.5) is 0 Å².